The highest BCUT2D eigenvalue weighted by atomic mass is 35.5. The first-order valence-corrected chi connectivity index (χ1v) is 11.9. The van der Waals surface area contributed by atoms with E-state index in [9.17, 15) is 23.4 Å². The Morgan fingerprint density at radius 3 is 1.97 bits per heavy atom. The lowest BCUT2D eigenvalue weighted by Crippen LogP contribution is -2.47. The van der Waals surface area contributed by atoms with Gasteiger partial charge in [0.05, 0.1) is 10.6 Å². The molecule has 156 valence electrons. The fourth-order valence-corrected chi connectivity index (χ4v) is 5.59. The molecule has 5 nitrogen and oxygen atoms in total. The average molecular weight is 463 g/mol. The molecule has 0 radical (unpaired) electrons. The molecule has 1 atom stereocenters. The second-order valence-electron chi connectivity index (χ2n) is 6.73. The van der Waals surface area contributed by atoms with Gasteiger partial charge < -0.3 is 10.2 Å². The third-order valence-electron chi connectivity index (χ3n) is 4.44. The summed E-state index contributed by atoms with van der Waals surface area (Å²) < 4.78 is 25.6. The van der Waals surface area contributed by atoms with Crippen molar-refractivity contribution in [3.05, 3.63) is 83.9 Å². The van der Waals surface area contributed by atoms with E-state index in [1.165, 1.54) is 12.1 Å². The van der Waals surface area contributed by atoms with Gasteiger partial charge in [0.2, 0.25) is 0 Å². The van der Waals surface area contributed by atoms with Crippen LogP contribution in [0.5, 0.6) is 0 Å². The molecule has 0 unspecified atom stereocenters. The van der Waals surface area contributed by atoms with Crippen LogP contribution in [-0.4, -0.2) is 41.7 Å². The summed E-state index contributed by atoms with van der Waals surface area (Å²) in [6.07, 6.45) is 0. The quantitative estimate of drug-likeness (QED) is 0.482. The van der Waals surface area contributed by atoms with Gasteiger partial charge in [0.1, 0.15) is 0 Å². The van der Waals surface area contributed by atoms with Crippen molar-refractivity contribution in [1.29, 1.82) is 0 Å². The molecule has 0 aliphatic rings. The van der Waals surface area contributed by atoms with E-state index in [0.717, 1.165) is 27.8 Å². The molecule has 0 heterocycles. The van der Waals surface area contributed by atoms with Crippen molar-refractivity contribution in [3.63, 3.8) is 0 Å². The number of sulfone groups is 1. The standard InChI is InChI=1S/C22H19ClO5S2/c23-18-10-6-16(7-11-18)17-8-12-20(13-9-17)30(27,28)15-22(26,21(24)25)14-29-19-4-2-1-3-5-19/h1-13,26H,14-15H2,(H,24,25)/t22-/m0/s1. The highest BCUT2D eigenvalue weighted by Crippen LogP contribution is 2.27. The predicted octanol–water partition coefficient (Wildman–Crippen LogP) is 4.39. The first-order valence-electron chi connectivity index (χ1n) is 8.92. The summed E-state index contributed by atoms with van der Waals surface area (Å²) in [5, 5.41) is 20.7. The van der Waals surface area contributed by atoms with Crippen LogP contribution >= 0.6 is 23.4 Å². The van der Waals surface area contributed by atoms with Gasteiger partial charge in [-0.3, -0.25) is 0 Å². The Bertz CT molecular complexity index is 1110. The molecule has 2 N–H and O–H groups in total. The summed E-state index contributed by atoms with van der Waals surface area (Å²) in [6.45, 7) is 0. The van der Waals surface area contributed by atoms with Gasteiger partial charge in [-0.15, -0.1) is 11.8 Å². The molecule has 0 aliphatic carbocycles. The summed E-state index contributed by atoms with van der Waals surface area (Å²) in [6, 6.07) is 22.1. The molecule has 0 aromatic heterocycles. The van der Waals surface area contributed by atoms with Crippen LogP contribution in [0.15, 0.2) is 88.7 Å². The van der Waals surface area contributed by atoms with Crippen molar-refractivity contribution in [2.75, 3.05) is 11.5 Å². The van der Waals surface area contributed by atoms with Crippen LogP contribution in [0, 0.1) is 0 Å². The van der Waals surface area contributed by atoms with Crippen LogP contribution in [-0.2, 0) is 14.6 Å². The van der Waals surface area contributed by atoms with E-state index in [2.05, 4.69) is 0 Å². The number of benzene rings is 3. The Morgan fingerprint density at radius 2 is 1.43 bits per heavy atom. The van der Waals surface area contributed by atoms with Gasteiger partial charge in [-0.1, -0.05) is 54.1 Å². The second kappa shape index (κ2) is 9.22. The molecule has 0 amide bonds. The Labute approximate surface area is 184 Å². The van der Waals surface area contributed by atoms with Gasteiger partial charge in [0, 0.05) is 15.7 Å². The third kappa shape index (κ3) is 5.43. The maximum absolute atomic E-state index is 12.8. The van der Waals surface area contributed by atoms with Gasteiger partial charge >= 0.3 is 5.97 Å². The number of halogens is 1. The maximum Gasteiger partial charge on any atom is 0.337 e. The lowest BCUT2D eigenvalue weighted by Gasteiger charge is -2.23. The Morgan fingerprint density at radius 1 is 0.900 bits per heavy atom. The Hall–Kier alpha value is -2.32. The number of hydrogen-bond donors (Lipinski definition) is 2. The van der Waals surface area contributed by atoms with Crippen LogP contribution in [0.3, 0.4) is 0 Å². The van der Waals surface area contributed by atoms with Crippen LogP contribution in [0.25, 0.3) is 11.1 Å². The van der Waals surface area contributed by atoms with E-state index in [4.69, 9.17) is 11.6 Å². The minimum Gasteiger partial charge on any atom is -0.479 e. The molecule has 8 heteroatoms. The average Bonchev–Trinajstić information content (AvgIpc) is 2.73. The molecule has 0 saturated heterocycles. The van der Waals surface area contributed by atoms with Crippen LogP contribution in [0.2, 0.25) is 5.02 Å². The molecule has 0 aliphatic heterocycles. The minimum absolute atomic E-state index is 0.0513. The topological polar surface area (TPSA) is 91.7 Å². The van der Waals surface area contributed by atoms with Crippen LogP contribution in [0.4, 0.5) is 0 Å². The maximum atomic E-state index is 12.8. The van der Waals surface area contributed by atoms with E-state index in [-0.39, 0.29) is 10.6 Å². The monoisotopic (exact) mass is 462 g/mol. The normalized spacial score (nSPS) is 13.5. The van der Waals surface area contributed by atoms with E-state index >= 15 is 0 Å². The number of aliphatic hydroxyl groups is 1. The summed E-state index contributed by atoms with van der Waals surface area (Å²) in [5.41, 5.74) is -0.767. The second-order valence-corrected chi connectivity index (χ2v) is 10.2. The van der Waals surface area contributed by atoms with Crippen molar-refractivity contribution < 1.29 is 23.4 Å². The Balaban J connectivity index is 1.78. The first kappa shape index (κ1) is 22.4. The molecular formula is C22H19ClO5S2. The smallest absolute Gasteiger partial charge is 0.337 e. The lowest BCUT2D eigenvalue weighted by molar-refractivity contribution is -0.153. The number of thioether (sulfide) groups is 1. The van der Waals surface area contributed by atoms with Crippen molar-refractivity contribution in [2.24, 2.45) is 0 Å². The predicted molar refractivity (Wildman–Crippen MR) is 119 cm³/mol. The van der Waals surface area contributed by atoms with E-state index in [1.54, 1.807) is 48.5 Å². The summed E-state index contributed by atoms with van der Waals surface area (Å²) in [5.74, 6) is -2.79. The first-order chi connectivity index (χ1) is 14.2. The highest BCUT2D eigenvalue weighted by molar-refractivity contribution is 7.99. The van der Waals surface area contributed by atoms with Crippen LogP contribution in [0.1, 0.15) is 0 Å². The SMILES string of the molecule is O=C(O)[C@](O)(CSc1ccccc1)CS(=O)(=O)c1ccc(-c2ccc(Cl)cc2)cc1. The van der Waals surface area contributed by atoms with E-state index < -0.39 is 27.2 Å². The number of carboxylic acid groups (broad SMARTS) is 1. The third-order valence-corrected chi connectivity index (χ3v) is 7.77. The minimum atomic E-state index is -4.04. The molecule has 3 aromatic carbocycles. The van der Waals surface area contributed by atoms with Gasteiger partial charge in [0.25, 0.3) is 0 Å². The zero-order chi connectivity index (χ0) is 21.8. The molecule has 3 aromatic rings. The van der Waals surface area contributed by atoms with Crippen molar-refractivity contribution in [2.45, 2.75) is 15.4 Å². The molecule has 0 spiro atoms. The van der Waals surface area contributed by atoms with E-state index in [0.29, 0.717) is 5.02 Å². The van der Waals surface area contributed by atoms with E-state index in [1.807, 2.05) is 18.2 Å². The molecule has 0 bridgehead atoms. The molecule has 0 fully saturated rings. The van der Waals surface area contributed by atoms with Crippen molar-refractivity contribution >= 4 is 39.2 Å². The number of rotatable bonds is 8. The molecular weight excluding hydrogens is 444 g/mol. The fraction of sp³-hybridized carbons (Fsp3) is 0.136. The zero-order valence-corrected chi connectivity index (χ0v) is 18.1. The van der Waals surface area contributed by atoms with Gasteiger partial charge in [-0.05, 0) is 47.5 Å². The highest BCUT2D eigenvalue weighted by Gasteiger charge is 2.41. The molecule has 0 saturated carbocycles. The Kier molecular flexibility index (Phi) is 6.88. The molecule has 30 heavy (non-hydrogen) atoms. The number of carbonyl (C=O) groups is 1. The largest absolute Gasteiger partial charge is 0.479 e. The zero-order valence-electron chi connectivity index (χ0n) is 15.7. The summed E-state index contributed by atoms with van der Waals surface area (Å²) in [4.78, 5) is 12.4. The summed E-state index contributed by atoms with van der Waals surface area (Å²) in [7, 11) is -4.04. The number of aliphatic carboxylic acids is 1. The van der Waals surface area contributed by atoms with Crippen LogP contribution < -0.4 is 0 Å². The number of carboxylic acids is 1. The van der Waals surface area contributed by atoms with Crippen molar-refractivity contribution in [3.8, 4) is 11.1 Å². The van der Waals surface area contributed by atoms with Gasteiger partial charge in [-0.2, -0.15) is 0 Å². The fourth-order valence-electron chi connectivity index (χ4n) is 2.78. The molecule has 3 rings (SSSR count). The lowest BCUT2D eigenvalue weighted by atomic mass is 10.1. The summed E-state index contributed by atoms with van der Waals surface area (Å²) >= 11 is 6.97. The van der Waals surface area contributed by atoms with Crippen molar-refractivity contribution in [1.82, 2.24) is 0 Å². The number of hydrogen-bond acceptors (Lipinski definition) is 5. The van der Waals surface area contributed by atoms with Gasteiger partial charge in [0.15, 0.2) is 15.4 Å². The van der Waals surface area contributed by atoms with Gasteiger partial charge in [-0.25, -0.2) is 13.2 Å².